The van der Waals surface area contributed by atoms with Crippen molar-refractivity contribution in [1.29, 1.82) is 0 Å². The fraction of sp³-hybridized carbons (Fsp3) is 0.389. The zero-order valence-electron chi connectivity index (χ0n) is 13.5. The van der Waals surface area contributed by atoms with Gasteiger partial charge in [-0.25, -0.2) is 4.68 Å². The van der Waals surface area contributed by atoms with Crippen LogP contribution in [0.5, 0.6) is 0 Å². The molecule has 1 heterocycles. The Morgan fingerprint density at radius 3 is 2.92 bits per heavy atom. The first-order valence-electron chi connectivity index (χ1n) is 8.20. The van der Waals surface area contributed by atoms with Crippen molar-refractivity contribution in [3.05, 3.63) is 63.6 Å². The third-order valence-electron chi connectivity index (χ3n) is 4.01. The van der Waals surface area contributed by atoms with Crippen LogP contribution in [0.4, 0.5) is 0 Å². The highest BCUT2D eigenvalue weighted by atomic mass is 16.5. The molecule has 1 aromatic heterocycles. The third-order valence-corrected chi connectivity index (χ3v) is 4.01. The summed E-state index contributed by atoms with van der Waals surface area (Å²) in [6.45, 7) is 1.14. The van der Waals surface area contributed by atoms with Gasteiger partial charge in [-0.05, 0) is 30.4 Å². The lowest BCUT2D eigenvalue weighted by atomic mass is 10.2. The molecule has 0 radical (unpaired) electrons. The van der Waals surface area contributed by atoms with Crippen molar-refractivity contribution in [3.8, 4) is 0 Å². The molecule has 1 aliphatic carbocycles. The van der Waals surface area contributed by atoms with Crippen molar-refractivity contribution in [3.63, 3.8) is 0 Å². The van der Waals surface area contributed by atoms with E-state index in [1.807, 2.05) is 30.3 Å². The summed E-state index contributed by atoms with van der Waals surface area (Å²) in [6.07, 6.45) is 2.92. The molecule has 1 aliphatic rings. The highest BCUT2D eigenvalue weighted by Gasteiger charge is 2.14. The van der Waals surface area contributed by atoms with E-state index < -0.39 is 0 Å². The zero-order chi connectivity index (χ0) is 16.8. The standard InChI is InChI=1S/C18H21N3O3/c22-17(13-24-12-14-5-2-1-3-6-14)19-9-10-21-18(23)11-15-7-4-8-16(15)20-21/h1-3,5-6,11H,4,7-10,12-13H2,(H,19,22). The summed E-state index contributed by atoms with van der Waals surface area (Å²) in [5.41, 5.74) is 2.99. The second-order valence-corrected chi connectivity index (χ2v) is 5.86. The summed E-state index contributed by atoms with van der Waals surface area (Å²) in [5, 5.41) is 7.12. The summed E-state index contributed by atoms with van der Waals surface area (Å²) < 4.78 is 6.80. The zero-order valence-corrected chi connectivity index (χ0v) is 13.5. The molecule has 6 nitrogen and oxygen atoms in total. The maximum atomic E-state index is 11.9. The lowest BCUT2D eigenvalue weighted by Crippen LogP contribution is -2.34. The van der Waals surface area contributed by atoms with Gasteiger partial charge in [0.2, 0.25) is 5.91 Å². The Kier molecular flexibility index (Phi) is 5.38. The van der Waals surface area contributed by atoms with Crippen LogP contribution in [0.1, 0.15) is 23.2 Å². The molecule has 0 atom stereocenters. The van der Waals surface area contributed by atoms with Crippen LogP contribution < -0.4 is 10.9 Å². The Morgan fingerprint density at radius 2 is 2.08 bits per heavy atom. The van der Waals surface area contributed by atoms with E-state index in [0.29, 0.717) is 19.7 Å². The van der Waals surface area contributed by atoms with Gasteiger partial charge in [0.05, 0.1) is 18.8 Å². The van der Waals surface area contributed by atoms with Crippen molar-refractivity contribution in [1.82, 2.24) is 15.1 Å². The number of aromatic nitrogens is 2. The molecule has 1 N–H and O–H groups in total. The molecule has 6 heteroatoms. The molecule has 3 rings (SSSR count). The molecule has 1 aromatic carbocycles. The van der Waals surface area contributed by atoms with Gasteiger partial charge in [-0.3, -0.25) is 9.59 Å². The minimum absolute atomic E-state index is 0.00140. The maximum absolute atomic E-state index is 11.9. The molecule has 0 saturated carbocycles. The molecule has 0 spiro atoms. The van der Waals surface area contributed by atoms with Gasteiger partial charge < -0.3 is 10.1 Å². The average Bonchev–Trinajstić information content (AvgIpc) is 3.03. The van der Waals surface area contributed by atoms with Gasteiger partial charge in [-0.1, -0.05) is 30.3 Å². The van der Waals surface area contributed by atoms with Gasteiger partial charge >= 0.3 is 0 Å². The van der Waals surface area contributed by atoms with Crippen molar-refractivity contribution < 1.29 is 9.53 Å². The van der Waals surface area contributed by atoms with Crippen molar-refractivity contribution in [2.45, 2.75) is 32.4 Å². The number of rotatable bonds is 7. The van der Waals surface area contributed by atoms with Gasteiger partial charge in [0.15, 0.2) is 0 Å². The van der Waals surface area contributed by atoms with Crippen LogP contribution in [0.15, 0.2) is 41.2 Å². The Labute approximate surface area is 140 Å². The monoisotopic (exact) mass is 327 g/mol. The van der Waals surface area contributed by atoms with E-state index in [4.69, 9.17) is 4.74 Å². The van der Waals surface area contributed by atoms with Crippen LogP contribution in [-0.4, -0.2) is 28.8 Å². The number of hydrogen-bond acceptors (Lipinski definition) is 4. The van der Waals surface area contributed by atoms with E-state index >= 15 is 0 Å². The molecule has 1 amide bonds. The number of nitrogens with zero attached hydrogens (tertiary/aromatic N) is 2. The molecule has 0 aliphatic heterocycles. The molecule has 2 aromatic rings. The summed E-state index contributed by atoms with van der Waals surface area (Å²) in [4.78, 5) is 23.7. The van der Waals surface area contributed by atoms with Gasteiger partial charge in [-0.15, -0.1) is 0 Å². The number of ether oxygens (including phenoxy) is 1. The smallest absolute Gasteiger partial charge is 0.267 e. The number of benzene rings is 1. The predicted octanol–water partition coefficient (Wildman–Crippen LogP) is 1.06. The van der Waals surface area contributed by atoms with E-state index in [2.05, 4.69) is 10.4 Å². The van der Waals surface area contributed by atoms with E-state index in [-0.39, 0.29) is 18.1 Å². The first kappa shape index (κ1) is 16.4. The Morgan fingerprint density at radius 1 is 1.25 bits per heavy atom. The van der Waals surface area contributed by atoms with Crippen molar-refractivity contribution >= 4 is 5.91 Å². The van der Waals surface area contributed by atoms with Gasteiger partial charge in [0, 0.05) is 12.6 Å². The summed E-state index contributed by atoms with van der Waals surface area (Å²) in [5.74, 6) is -0.194. The highest BCUT2D eigenvalue weighted by molar-refractivity contribution is 5.77. The van der Waals surface area contributed by atoms with Gasteiger partial charge in [0.1, 0.15) is 6.61 Å². The van der Waals surface area contributed by atoms with E-state index in [0.717, 1.165) is 36.1 Å². The number of amides is 1. The van der Waals surface area contributed by atoms with Crippen LogP contribution in [0.3, 0.4) is 0 Å². The Balaban J connectivity index is 1.40. The molecule has 126 valence electrons. The number of carbonyl (C=O) groups is 1. The highest BCUT2D eigenvalue weighted by Crippen LogP contribution is 2.16. The van der Waals surface area contributed by atoms with Crippen LogP contribution in [0.25, 0.3) is 0 Å². The van der Waals surface area contributed by atoms with Crippen molar-refractivity contribution in [2.24, 2.45) is 0 Å². The number of fused-ring (bicyclic) bond motifs is 1. The molecule has 24 heavy (non-hydrogen) atoms. The Hall–Kier alpha value is -2.47. The van der Waals surface area contributed by atoms with Crippen LogP contribution in [0.2, 0.25) is 0 Å². The van der Waals surface area contributed by atoms with Crippen LogP contribution in [-0.2, 0) is 35.5 Å². The summed E-state index contributed by atoms with van der Waals surface area (Å²) in [6, 6.07) is 11.4. The number of nitrogens with one attached hydrogen (secondary N) is 1. The van der Waals surface area contributed by atoms with E-state index in [9.17, 15) is 9.59 Å². The molecular weight excluding hydrogens is 306 g/mol. The summed E-state index contributed by atoms with van der Waals surface area (Å²) in [7, 11) is 0. The quantitative estimate of drug-likeness (QED) is 0.825. The number of carbonyl (C=O) groups excluding carboxylic acids is 1. The molecule has 0 unspecified atom stereocenters. The number of aryl methyl sites for hydroxylation is 2. The fourth-order valence-electron chi connectivity index (χ4n) is 2.79. The SMILES string of the molecule is O=C(COCc1ccccc1)NCCn1nc2c(cc1=O)CCC2. The van der Waals surface area contributed by atoms with Gasteiger partial charge in [-0.2, -0.15) is 5.10 Å². The first-order chi connectivity index (χ1) is 11.7. The lowest BCUT2D eigenvalue weighted by molar-refractivity contribution is -0.126. The van der Waals surface area contributed by atoms with Gasteiger partial charge in [0.25, 0.3) is 5.56 Å². The normalized spacial score (nSPS) is 12.8. The third kappa shape index (κ3) is 4.29. The maximum Gasteiger partial charge on any atom is 0.267 e. The lowest BCUT2D eigenvalue weighted by Gasteiger charge is -2.09. The predicted molar refractivity (Wildman–Crippen MR) is 89.6 cm³/mol. The minimum Gasteiger partial charge on any atom is -0.367 e. The topological polar surface area (TPSA) is 73.2 Å². The largest absolute Gasteiger partial charge is 0.367 e. The minimum atomic E-state index is -0.194. The molecule has 0 bridgehead atoms. The number of hydrogen-bond donors (Lipinski definition) is 1. The van der Waals surface area contributed by atoms with E-state index in [1.54, 1.807) is 6.07 Å². The first-order valence-corrected chi connectivity index (χ1v) is 8.20. The Bertz CT molecular complexity index is 756. The average molecular weight is 327 g/mol. The summed E-state index contributed by atoms with van der Waals surface area (Å²) >= 11 is 0. The second-order valence-electron chi connectivity index (χ2n) is 5.86. The van der Waals surface area contributed by atoms with Crippen LogP contribution in [0, 0.1) is 0 Å². The molecule has 0 fully saturated rings. The van der Waals surface area contributed by atoms with E-state index in [1.165, 1.54) is 4.68 Å². The molecule has 0 saturated heterocycles. The van der Waals surface area contributed by atoms with Crippen LogP contribution >= 0.6 is 0 Å². The van der Waals surface area contributed by atoms with Crippen molar-refractivity contribution in [2.75, 3.05) is 13.2 Å². The fourth-order valence-corrected chi connectivity index (χ4v) is 2.79. The second kappa shape index (κ2) is 7.88. The molecular formula is C18H21N3O3.